The van der Waals surface area contributed by atoms with Gasteiger partial charge in [-0.1, -0.05) is 9.95 Å². The van der Waals surface area contributed by atoms with Crippen molar-refractivity contribution in [3.8, 4) is 5.75 Å². The molecule has 1 amide bonds. The summed E-state index contributed by atoms with van der Waals surface area (Å²) in [6.07, 6.45) is 0. The third kappa shape index (κ3) is 4.97. The van der Waals surface area contributed by atoms with Gasteiger partial charge in [0.1, 0.15) is 5.75 Å². The number of benzene rings is 2. The standard InChI is InChI=1S/C13H9FINO4S/c14-21(18,19)20-12-6-4-11(5-7-12)16-13(17)9-2-1-3-10(15)8-9/h1-8H,(H,16,17). The van der Waals surface area contributed by atoms with Crippen LogP contribution < -0.4 is 9.50 Å². The molecule has 21 heavy (non-hydrogen) atoms. The number of hydrogen-bond acceptors (Lipinski definition) is 4. The number of rotatable bonds is 4. The first-order chi connectivity index (χ1) is 9.83. The van der Waals surface area contributed by atoms with Gasteiger partial charge in [-0.05, 0) is 65.1 Å². The fourth-order valence-corrected chi connectivity index (χ4v) is 2.43. The molecule has 0 aromatic heterocycles. The second kappa shape index (κ2) is 6.39. The van der Waals surface area contributed by atoms with E-state index >= 15 is 0 Å². The Labute approximate surface area is 134 Å². The first kappa shape index (κ1) is 15.7. The van der Waals surface area contributed by atoms with Gasteiger partial charge in [-0.2, -0.15) is 8.42 Å². The minimum Gasteiger partial charge on any atom is -0.358 e. The highest BCUT2D eigenvalue weighted by Crippen LogP contribution is 2.18. The minimum absolute atomic E-state index is 0.176. The van der Waals surface area contributed by atoms with E-state index in [9.17, 15) is 17.1 Å². The van der Waals surface area contributed by atoms with E-state index in [0.717, 1.165) is 3.57 Å². The Hall–Kier alpha value is -1.68. The van der Waals surface area contributed by atoms with Crippen molar-refractivity contribution in [2.75, 3.05) is 5.32 Å². The largest absolute Gasteiger partial charge is 0.488 e. The molecule has 0 radical (unpaired) electrons. The van der Waals surface area contributed by atoms with Crippen LogP contribution in [0.25, 0.3) is 0 Å². The van der Waals surface area contributed by atoms with Gasteiger partial charge >= 0.3 is 10.5 Å². The summed E-state index contributed by atoms with van der Waals surface area (Å²) in [6, 6.07) is 12.3. The first-order valence-corrected chi connectivity index (χ1v) is 8.03. The number of halogens is 2. The zero-order chi connectivity index (χ0) is 15.5. The molecule has 0 unspecified atom stereocenters. The van der Waals surface area contributed by atoms with E-state index < -0.39 is 10.5 Å². The summed E-state index contributed by atoms with van der Waals surface area (Å²) < 4.78 is 37.9. The maximum absolute atomic E-state index is 12.3. The average Bonchev–Trinajstić information content (AvgIpc) is 2.39. The highest BCUT2D eigenvalue weighted by atomic mass is 127. The topological polar surface area (TPSA) is 72.5 Å². The highest BCUT2D eigenvalue weighted by Gasteiger charge is 2.10. The number of hydrogen-bond donors (Lipinski definition) is 1. The van der Waals surface area contributed by atoms with Crippen LogP contribution in [0.5, 0.6) is 5.75 Å². The quantitative estimate of drug-likeness (QED) is 0.609. The molecule has 0 aliphatic carbocycles. The second-order valence-corrected chi connectivity index (χ2v) is 6.16. The zero-order valence-corrected chi connectivity index (χ0v) is 13.4. The van der Waals surface area contributed by atoms with Crippen LogP contribution in [-0.4, -0.2) is 14.3 Å². The predicted octanol–water partition coefficient (Wildman–Crippen LogP) is 3.14. The third-order valence-electron chi connectivity index (χ3n) is 2.39. The summed E-state index contributed by atoms with van der Waals surface area (Å²) in [7, 11) is -5.05. The van der Waals surface area contributed by atoms with Gasteiger partial charge in [-0.15, -0.1) is 0 Å². The Morgan fingerprint density at radius 3 is 2.38 bits per heavy atom. The summed E-state index contributed by atoms with van der Waals surface area (Å²) in [6.45, 7) is 0. The fourth-order valence-electron chi connectivity index (χ4n) is 1.54. The summed E-state index contributed by atoms with van der Waals surface area (Å²) >= 11 is 2.10. The molecule has 0 saturated carbocycles. The van der Waals surface area contributed by atoms with Gasteiger partial charge < -0.3 is 9.50 Å². The highest BCUT2D eigenvalue weighted by molar-refractivity contribution is 14.1. The Morgan fingerprint density at radius 1 is 1.14 bits per heavy atom. The summed E-state index contributed by atoms with van der Waals surface area (Å²) in [5.74, 6) is -0.481. The van der Waals surface area contributed by atoms with Crippen molar-refractivity contribution < 1.29 is 21.3 Å². The molecule has 5 nitrogen and oxygen atoms in total. The molecule has 0 heterocycles. The van der Waals surface area contributed by atoms with Crippen molar-refractivity contribution >= 4 is 44.7 Å². The lowest BCUT2D eigenvalue weighted by Crippen LogP contribution is -2.11. The van der Waals surface area contributed by atoms with Crippen LogP contribution in [0.15, 0.2) is 48.5 Å². The summed E-state index contributed by atoms with van der Waals surface area (Å²) in [4.78, 5) is 12.0. The predicted molar refractivity (Wildman–Crippen MR) is 84.2 cm³/mol. The lowest BCUT2D eigenvalue weighted by Gasteiger charge is -2.06. The Bertz CT molecular complexity index is 762. The van der Waals surface area contributed by atoms with Crippen molar-refractivity contribution in [3.05, 3.63) is 57.7 Å². The van der Waals surface area contributed by atoms with Crippen LogP contribution in [-0.2, 0) is 10.5 Å². The van der Waals surface area contributed by atoms with E-state index in [1.54, 1.807) is 18.2 Å². The second-order valence-electron chi connectivity index (χ2n) is 3.97. The van der Waals surface area contributed by atoms with Crippen molar-refractivity contribution in [1.29, 1.82) is 0 Å². The van der Waals surface area contributed by atoms with E-state index in [1.807, 2.05) is 6.07 Å². The molecule has 2 aromatic carbocycles. The van der Waals surface area contributed by atoms with Crippen LogP contribution in [0.1, 0.15) is 10.4 Å². The molecule has 0 aliphatic heterocycles. The summed E-state index contributed by atoms with van der Waals surface area (Å²) in [5, 5.41) is 2.63. The van der Waals surface area contributed by atoms with Gasteiger partial charge in [-0.25, -0.2) is 0 Å². The lowest BCUT2D eigenvalue weighted by atomic mass is 10.2. The van der Waals surface area contributed by atoms with Crippen molar-refractivity contribution in [2.45, 2.75) is 0 Å². The molecule has 0 saturated heterocycles. The van der Waals surface area contributed by atoms with Gasteiger partial charge in [0.2, 0.25) is 0 Å². The maximum atomic E-state index is 12.3. The molecule has 2 aromatic rings. The van der Waals surface area contributed by atoms with Crippen LogP contribution in [0.2, 0.25) is 0 Å². The molecule has 0 spiro atoms. The molecule has 110 valence electrons. The van der Waals surface area contributed by atoms with Gasteiger partial charge in [-0.3, -0.25) is 4.79 Å². The van der Waals surface area contributed by atoms with Crippen LogP contribution in [0, 0.1) is 3.57 Å². The number of amides is 1. The average molecular weight is 421 g/mol. The molecule has 1 N–H and O–H groups in total. The van der Waals surface area contributed by atoms with E-state index in [1.165, 1.54) is 24.3 Å². The maximum Gasteiger partial charge on any atom is 0.488 e. The van der Waals surface area contributed by atoms with Gasteiger partial charge in [0.05, 0.1) is 0 Å². The van der Waals surface area contributed by atoms with Crippen molar-refractivity contribution in [2.24, 2.45) is 0 Å². The molecular weight excluding hydrogens is 412 g/mol. The Morgan fingerprint density at radius 2 is 1.81 bits per heavy atom. The van der Waals surface area contributed by atoms with E-state index in [4.69, 9.17) is 0 Å². The Balaban J connectivity index is 2.08. The molecule has 0 bridgehead atoms. The molecule has 8 heteroatoms. The molecule has 0 atom stereocenters. The smallest absolute Gasteiger partial charge is 0.358 e. The fraction of sp³-hybridized carbons (Fsp3) is 0. The molecule has 0 aliphatic rings. The van der Waals surface area contributed by atoms with Crippen LogP contribution in [0.3, 0.4) is 0 Å². The van der Waals surface area contributed by atoms with Gasteiger partial charge in [0.15, 0.2) is 0 Å². The van der Waals surface area contributed by atoms with Crippen LogP contribution in [0.4, 0.5) is 9.57 Å². The minimum atomic E-state index is -5.05. The first-order valence-electron chi connectivity index (χ1n) is 5.64. The summed E-state index contributed by atoms with van der Waals surface area (Å²) in [5.41, 5.74) is 0.927. The van der Waals surface area contributed by atoms with Crippen molar-refractivity contribution in [3.63, 3.8) is 0 Å². The van der Waals surface area contributed by atoms with E-state index in [2.05, 4.69) is 32.1 Å². The molecule has 2 rings (SSSR count). The zero-order valence-electron chi connectivity index (χ0n) is 10.4. The SMILES string of the molecule is O=C(Nc1ccc(OS(=O)(=O)F)cc1)c1cccc(I)c1. The van der Waals surface area contributed by atoms with Gasteiger partial charge in [0, 0.05) is 14.8 Å². The number of anilines is 1. The molecular formula is C13H9FINO4S. The number of carbonyl (C=O) groups is 1. The third-order valence-corrected chi connectivity index (χ3v) is 3.46. The van der Waals surface area contributed by atoms with E-state index in [0.29, 0.717) is 11.3 Å². The normalized spacial score (nSPS) is 11.0. The molecule has 0 fully saturated rings. The monoisotopic (exact) mass is 421 g/mol. The Kier molecular flexibility index (Phi) is 4.78. The number of nitrogens with one attached hydrogen (secondary N) is 1. The number of carbonyl (C=O) groups excluding carboxylic acids is 1. The van der Waals surface area contributed by atoms with Crippen molar-refractivity contribution in [1.82, 2.24) is 0 Å². The van der Waals surface area contributed by atoms with E-state index in [-0.39, 0.29) is 11.7 Å². The van der Waals surface area contributed by atoms with Crippen LogP contribution >= 0.6 is 22.6 Å². The van der Waals surface area contributed by atoms with Gasteiger partial charge in [0.25, 0.3) is 5.91 Å². The lowest BCUT2D eigenvalue weighted by molar-refractivity contribution is 0.102.